The summed E-state index contributed by atoms with van der Waals surface area (Å²) >= 11 is 5.79. The standard InChI is InChI=1S/C15H12ClN5O2/c16-11-3-5-12(6-4-11)23-8-14(22)20-13-2-1-7-18-15(13)21-10-17-9-19-21/h1-7,9-10H,8H2,(H,20,22). The Hall–Kier alpha value is -2.93. The Morgan fingerprint density at radius 1 is 1.26 bits per heavy atom. The van der Waals surface area contributed by atoms with Crippen molar-refractivity contribution in [3.05, 3.63) is 60.3 Å². The van der Waals surface area contributed by atoms with Crippen molar-refractivity contribution in [1.29, 1.82) is 0 Å². The Morgan fingerprint density at radius 3 is 2.83 bits per heavy atom. The largest absolute Gasteiger partial charge is 0.484 e. The molecule has 0 atom stereocenters. The van der Waals surface area contributed by atoms with Crippen LogP contribution < -0.4 is 10.1 Å². The summed E-state index contributed by atoms with van der Waals surface area (Å²) in [5.74, 6) is 0.728. The van der Waals surface area contributed by atoms with E-state index in [1.165, 1.54) is 17.3 Å². The number of hydrogen-bond donors (Lipinski definition) is 1. The van der Waals surface area contributed by atoms with Gasteiger partial charge in [-0.3, -0.25) is 4.79 Å². The molecule has 0 saturated heterocycles. The summed E-state index contributed by atoms with van der Waals surface area (Å²) in [6, 6.07) is 10.2. The average molecular weight is 330 g/mol. The molecule has 116 valence electrons. The second-order valence-electron chi connectivity index (χ2n) is 4.51. The van der Waals surface area contributed by atoms with Gasteiger partial charge in [0.1, 0.15) is 18.4 Å². The maximum Gasteiger partial charge on any atom is 0.262 e. The predicted molar refractivity (Wildman–Crippen MR) is 84.7 cm³/mol. The molecule has 3 rings (SSSR count). The van der Waals surface area contributed by atoms with Gasteiger partial charge in [0.05, 0.1) is 5.69 Å². The van der Waals surface area contributed by atoms with E-state index in [2.05, 4.69) is 20.4 Å². The van der Waals surface area contributed by atoms with Gasteiger partial charge >= 0.3 is 0 Å². The van der Waals surface area contributed by atoms with Crippen molar-refractivity contribution in [2.75, 3.05) is 11.9 Å². The van der Waals surface area contributed by atoms with Gasteiger partial charge in [-0.05, 0) is 36.4 Å². The molecule has 3 aromatic rings. The molecule has 7 nitrogen and oxygen atoms in total. The molecule has 0 saturated carbocycles. The van der Waals surface area contributed by atoms with Crippen LogP contribution in [-0.2, 0) is 4.79 Å². The second kappa shape index (κ2) is 6.89. The Kier molecular flexibility index (Phi) is 4.49. The third-order valence-electron chi connectivity index (χ3n) is 2.88. The summed E-state index contributed by atoms with van der Waals surface area (Å²) in [6.45, 7) is -0.132. The molecule has 0 radical (unpaired) electrons. The number of pyridine rings is 1. The molecule has 0 aliphatic carbocycles. The van der Waals surface area contributed by atoms with Gasteiger partial charge < -0.3 is 10.1 Å². The lowest BCUT2D eigenvalue weighted by Gasteiger charge is -2.10. The zero-order valence-corrected chi connectivity index (χ0v) is 12.6. The molecule has 2 aromatic heterocycles. The lowest BCUT2D eigenvalue weighted by Crippen LogP contribution is -2.21. The monoisotopic (exact) mass is 329 g/mol. The second-order valence-corrected chi connectivity index (χ2v) is 4.94. The minimum atomic E-state index is -0.311. The zero-order valence-electron chi connectivity index (χ0n) is 11.9. The van der Waals surface area contributed by atoms with Crippen molar-refractivity contribution >= 4 is 23.2 Å². The topological polar surface area (TPSA) is 81.9 Å². The summed E-state index contributed by atoms with van der Waals surface area (Å²) in [7, 11) is 0. The van der Waals surface area contributed by atoms with Crippen molar-refractivity contribution in [3.8, 4) is 11.6 Å². The number of nitrogens with zero attached hydrogens (tertiary/aromatic N) is 4. The maximum atomic E-state index is 12.0. The molecule has 23 heavy (non-hydrogen) atoms. The van der Waals surface area contributed by atoms with Gasteiger partial charge in [0.2, 0.25) is 0 Å². The Labute approximate surface area is 136 Å². The van der Waals surface area contributed by atoms with Gasteiger partial charge in [-0.1, -0.05) is 11.6 Å². The van der Waals surface area contributed by atoms with Gasteiger partial charge in [-0.25, -0.2) is 14.6 Å². The summed E-state index contributed by atoms with van der Waals surface area (Å²) in [5, 5.41) is 7.35. The van der Waals surface area contributed by atoms with Gasteiger partial charge in [-0.15, -0.1) is 0 Å². The lowest BCUT2D eigenvalue weighted by atomic mass is 10.3. The van der Waals surface area contributed by atoms with E-state index in [4.69, 9.17) is 16.3 Å². The Balaban J connectivity index is 1.65. The quantitative estimate of drug-likeness (QED) is 0.777. The highest BCUT2D eigenvalue weighted by Gasteiger charge is 2.10. The van der Waals surface area contributed by atoms with Crippen molar-refractivity contribution in [1.82, 2.24) is 19.7 Å². The first-order valence-corrected chi connectivity index (χ1v) is 7.08. The van der Waals surface area contributed by atoms with E-state index in [1.807, 2.05) is 0 Å². The molecule has 0 bridgehead atoms. The Morgan fingerprint density at radius 2 is 2.09 bits per heavy atom. The molecule has 0 unspecified atom stereocenters. The molecular formula is C15H12ClN5O2. The van der Waals surface area contributed by atoms with E-state index < -0.39 is 0 Å². The van der Waals surface area contributed by atoms with Crippen LogP contribution in [0.5, 0.6) is 5.75 Å². The molecule has 1 amide bonds. The van der Waals surface area contributed by atoms with Crippen LogP contribution >= 0.6 is 11.6 Å². The molecule has 0 aliphatic heterocycles. The summed E-state index contributed by atoms with van der Waals surface area (Å²) in [5.41, 5.74) is 0.516. The summed E-state index contributed by atoms with van der Waals surface area (Å²) in [6.07, 6.45) is 4.50. The molecule has 1 N–H and O–H groups in total. The van der Waals surface area contributed by atoms with Crippen LogP contribution in [0.4, 0.5) is 5.69 Å². The number of hydrogen-bond acceptors (Lipinski definition) is 5. The number of benzene rings is 1. The molecule has 0 aliphatic rings. The van der Waals surface area contributed by atoms with Crippen molar-refractivity contribution in [3.63, 3.8) is 0 Å². The van der Waals surface area contributed by atoms with Gasteiger partial charge in [0, 0.05) is 11.2 Å². The van der Waals surface area contributed by atoms with E-state index in [-0.39, 0.29) is 12.5 Å². The number of anilines is 1. The zero-order chi connectivity index (χ0) is 16.1. The summed E-state index contributed by atoms with van der Waals surface area (Å²) < 4.78 is 6.87. The van der Waals surface area contributed by atoms with Crippen LogP contribution in [0.2, 0.25) is 5.02 Å². The molecule has 8 heteroatoms. The van der Waals surface area contributed by atoms with Crippen LogP contribution in [0.15, 0.2) is 55.2 Å². The highest BCUT2D eigenvalue weighted by Crippen LogP contribution is 2.17. The Bertz CT molecular complexity index is 790. The first-order chi connectivity index (χ1) is 11.2. The minimum absolute atomic E-state index is 0.132. The SMILES string of the molecule is O=C(COc1ccc(Cl)cc1)Nc1cccnc1-n1cncn1. The van der Waals surface area contributed by atoms with Gasteiger partial charge in [0.15, 0.2) is 12.4 Å². The van der Waals surface area contributed by atoms with Gasteiger partial charge in [0.25, 0.3) is 5.91 Å². The number of halogens is 1. The first kappa shape index (κ1) is 15.0. The van der Waals surface area contributed by atoms with E-state index >= 15 is 0 Å². The highest BCUT2D eigenvalue weighted by molar-refractivity contribution is 6.30. The molecule has 0 spiro atoms. The van der Waals surface area contributed by atoms with Crippen LogP contribution in [0.3, 0.4) is 0 Å². The predicted octanol–water partition coefficient (Wildman–Crippen LogP) is 2.33. The normalized spacial score (nSPS) is 10.3. The third-order valence-corrected chi connectivity index (χ3v) is 3.13. The van der Waals surface area contributed by atoms with Crippen molar-refractivity contribution in [2.24, 2.45) is 0 Å². The fourth-order valence-corrected chi connectivity index (χ4v) is 1.99. The smallest absolute Gasteiger partial charge is 0.262 e. The average Bonchev–Trinajstić information content (AvgIpc) is 3.09. The number of carbonyl (C=O) groups excluding carboxylic acids is 1. The first-order valence-electron chi connectivity index (χ1n) is 6.70. The van der Waals surface area contributed by atoms with Crippen LogP contribution in [-0.4, -0.2) is 32.3 Å². The number of amides is 1. The number of rotatable bonds is 5. The number of aromatic nitrogens is 4. The van der Waals surface area contributed by atoms with Gasteiger partial charge in [-0.2, -0.15) is 5.10 Å². The van der Waals surface area contributed by atoms with E-state index in [0.29, 0.717) is 22.3 Å². The van der Waals surface area contributed by atoms with E-state index in [0.717, 1.165) is 0 Å². The van der Waals surface area contributed by atoms with Crippen LogP contribution in [0.1, 0.15) is 0 Å². The molecule has 1 aromatic carbocycles. The van der Waals surface area contributed by atoms with E-state index in [1.54, 1.807) is 42.6 Å². The highest BCUT2D eigenvalue weighted by atomic mass is 35.5. The number of carbonyl (C=O) groups is 1. The fraction of sp³-hybridized carbons (Fsp3) is 0.0667. The lowest BCUT2D eigenvalue weighted by molar-refractivity contribution is -0.118. The fourth-order valence-electron chi connectivity index (χ4n) is 1.86. The minimum Gasteiger partial charge on any atom is -0.484 e. The molecular weight excluding hydrogens is 318 g/mol. The molecule has 2 heterocycles. The number of nitrogens with one attached hydrogen (secondary N) is 1. The van der Waals surface area contributed by atoms with Crippen LogP contribution in [0.25, 0.3) is 5.82 Å². The maximum absolute atomic E-state index is 12.0. The van der Waals surface area contributed by atoms with E-state index in [9.17, 15) is 4.79 Å². The summed E-state index contributed by atoms with van der Waals surface area (Å²) in [4.78, 5) is 20.1. The van der Waals surface area contributed by atoms with Crippen molar-refractivity contribution < 1.29 is 9.53 Å². The number of ether oxygens (including phenoxy) is 1. The molecule has 0 fully saturated rings. The van der Waals surface area contributed by atoms with Crippen molar-refractivity contribution in [2.45, 2.75) is 0 Å². The third kappa shape index (κ3) is 3.83. The van der Waals surface area contributed by atoms with Crippen LogP contribution in [0, 0.1) is 0 Å².